The Kier molecular flexibility index (Phi) is 24.8. The van der Waals surface area contributed by atoms with Crippen molar-refractivity contribution in [1.29, 1.82) is 0 Å². The molecule has 3 atom stereocenters. The van der Waals surface area contributed by atoms with Gasteiger partial charge in [-0.05, 0) is 31.1 Å². The summed E-state index contributed by atoms with van der Waals surface area (Å²) >= 11 is 0.479. The van der Waals surface area contributed by atoms with E-state index in [1.165, 1.54) is 24.9 Å². The molecule has 0 bridgehead atoms. The minimum Gasteiger partial charge on any atom is -0.691 e. The number of esters is 2. The minimum absolute atomic E-state index is 0.233. The molecule has 0 aliphatic carbocycles. The molecule has 8 nitrogen and oxygen atoms in total. The number of rotatable bonds is 23. The standard InChI is InChI=1S/C20H38O7S.C13H22N/c1-5-9-11-16(7-3)14-24-19(21)13-18(28-27-26-23)20(22)25-15-17(8-4)12-10-6-2;1-4-5-11-14(2,3)12-13-9-7-6-8-10-13/h16-18,23H,5-15H2,1-4H3;6-10H,4-5,11-12H2,1-3H3/q;+1/p-1. The molecule has 1 aromatic rings. The Labute approximate surface area is 260 Å². The Balaban J connectivity index is 0.000000996. The maximum absolute atomic E-state index is 12.3. The third kappa shape index (κ3) is 21.1. The number of carbonyl (C=O) groups is 2. The first kappa shape index (κ1) is 40.4. The molecule has 0 saturated heterocycles. The molecule has 0 N–H and O–H groups in total. The Bertz CT molecular complexity index is 794. The second kappa shape index (κ2) is 25.8. The van der Waals surface area contributed by atoms with Crippen LogP contribution in [0.5, 0.6) is 0 Å². The van der Waals surface area contributed by atoms with Crippen LogP contribution in [0.25, 0.3) is 0 Å². The monoisotopic (exact) mass is 613 g/mol. The molecule has 0 spiro atoms. The molecule has 3 unspecified atom stereocenters. The quantitative estimate of drug-likeness (QED) is 0.0421. The zero-order valence-electron chi connectivity index (χ0n) is 27.4. The minimum atomic E-state index is -0.999. The van der Waals surface area contributed by atoms with Gasteiger partial charge in [-0.1, -0.05) is 110 Å². The van der Waals surface area contributed by atoms with Gasteiger partial charge in [0.25, 0.3) is 0 Å². The summed E-state index contributed by atoms with van der Waals surface area (Å²) in [6.45, 7) is 13.6. The highest BCUT2D eigenvalue weighted by Gasteiger charge is 2.27. The largest absolute Gasteiger partial charge is 0.691 e. The van der Waals surface area contributed by atoms with Gasteiger partial charge >= 0.3 is 11.9 Å². The number of ether oxygens (including phenoxy) is 2. The topological polar surface area (TPSA) is 94.1 Å². The molecular formula is C33H59NO7S. The van der Waals surface area contributed by atoms with Crippen LogP contribution in [0.2, 0.25) is 0 Å². The van der Waals surface area contributed by atoms with Gasteiger partial charge in [0.1, 0.15) is 11.8 Å². The van der Waals surface area contributed by atoms with E-state index < -0.39 is 17.2 Å². The van der Waals surface area contributed by atoms with E-state index in [-0.39, 0.29) is 18.9 Å². The molecule has 0 saturated carbocycles. The summed E-state index contributed by atoms with van der Waals surface area (Å²) < 4.78 is 16.0. The highest BCUT2D eigenvalue weighted by molar-refractivity contribution is 7.95. The average molecular weight is 614 g/mol. The van der Waals surface area contributed by atoms with Gasteiger partial charge in [-0.2, -0.15) is 4.33 Å². The summed E-state index contributed by atoms with van der Waals surface area (Å²) in [5, 5.41) is 12.4. The number of quaternary nitrogens is 1. The fourth-order valence-corrected chi connectivity index (χ4v) is 4.95. The predicted octanol–water partition coefficient (Wildman–Crippen LogP) is 7.20. The van der Waals surface area contributed by atoms with Crippen molar-refractivity contribution in [2.24, 2.45) is 11.8 Å². The lowest BCUT2D eigenvalue weighted by molar-refractivity contribution is -0.903. The van der Waals surface area contributed by atoms with E-state index in [1.54, 1.807) is 0 Å². The molecule has 0 radical (unpaired) electrons. The van der Waals surface area contributed by atoms with Crippen LogP contribution in [0.1, 0.15) is 111 Å². The van der Waals surface area contributed by atoms with Crippen LogP contribution in [0.3, 0.4) is 0 Å². The van der Waals surface area contributed by atoms with Gasteiger partial charge in [-0.3, -0.25) is 14.6 Å². The van der Waals surface area contributed by atoms with Gasteiger partial charge in [-0.15, -0.1) is 0 Å². The molecule has 42 heavy (non-hydrogen) atoms. The fourth-order valence-electron chi connectivity index (χ4n) is 4.47. The number of hydrogen-bond donors (Lipinski definition) is 0. The highest BCUT2D eigenvalue weighted by atomic mass is 32.2. The SMILES string of the molecule is CCCCC(CC)COC(=O)CC(SOO[O-])C(=O)OCC(CC)CCCC.CCCC[N+](C)(C)Cc1ccccc1. The zero-order valence-corrected chi connectivity index (χ0v) is 28.3. The lowest BCUT2D eigenvalue weighted by Gasteiger charge is -2.29. The Morgan fingerprint density at radius 3 is 1.88 bits per heavy atom. The van der Waals surface area contributed by atoms with Crippen molar-refractivity contribution in [2.75, 3.05) is 33.9 Å². The van der Waals surface area contributed by atoms with Crippen molar-refractivity contribution in [3.05, 3.63) is 35.9 Å². The van der Waals surface area contributed by atoms with Crippen molar-refractivity contribution in [1.82, 2.24) is 0 Å². The van der Waals surface area contributed by atoms with E-state index >= 15 is 0 Å². The number of unbranched alkanes of at least 4 members (excludes halogenated alkanes) is 3. The van der Waals surface area contributed by atoms with Crippen LogP contribution < -0.4 is 5.26 Å². The molecule has 1 rings (SSSR count). The van der Waals surface area contributed by atoms with Crippen LogP contribution in [0, 0.1) is 11.8 Å². The molecule has 0 aliphatic rings. The lowest BCUT2D eigenvalue weighted by atomic mass is 10.0. The molecule has 0 aromatic heterocycles. The maximum Gasteiger partial charge on any atom is 0.322 e. The molecule has 244 valence electrons. The first-order chi connectivity index (χ1) is 20.2. The summed E-state index contributed by atoms with van der Waals surface area (Å²) in [4.78, 5) is 24.5. The van der Waals surface area contributed by atoms with Gasteiger partial charge in [0, 0.05) is 17.6 Å². The van der Waals surface area contributed by atoms with E-state index in [0.717, 1.165) is 62.4 Å². The van der Waals surface area contributed by atoms with Gasteiger partial charge in [0.2, 0.25) is 0 Å². The van der Waals surface area contributed by atoms with E-state index in [1.807, 2.05) is 0 Å². The summed E-state index contributed by atoms with van der Waals surface area (Å²) in [5.41, 5.74) is 1.44. The maximum atomic E-state index is 12.3. The summed E-state index contributed by atoms with van der Waals surface area (Å²) in [6, 6.07) is 10.7. The first-order valence-electron chi connectivity index (χ1n) is 16.0. The fraction of sp³-hybridized carbons (Fsp3) is 0.758. The Morgan fingerprint density at radius 1 is 0.833 bits per heavy atom. The molecule has 1 aromatic carbocycles. The van der Waals surface area contributed by atoms with Crippen molar-refractivity contribution in [2.45, 2.75) is 117 Å². The zero-order chi connectivity index (χ0) is 31.6. The van der Waals surface area contributed by atoms with Gasteiger partial charge in [0.15, 0.2) is 0 Å². The molecule has 0 heterocycles. The Morgan fingerprint density at radius 2 is 1.38 bits per heavy atom. The lowest BCUT2D eigenvalue weighted by Crippen LogP contribution is -2.39. The van der Waals surface area contributed by atoms with Crippen molar-refractivity contribution < 1.29 is 38.2 Å². The third-order valence-electron chi connectivity index (χ3n) is 7.40. The second-order valence-electron chi connectivity index (χ2n) is 11.7. The average Bonchev–Trinajstić information content (AvgIpc) is 2.99. The summed E-state index contributed by atoms with van der Waals surface area (Å²) in [7, 11) is 4.62. The van der Waals surface area contributed by atoms with Gasteiger partial charge in [0.05, 0.1) is 40.3 Å². The van der Waals surface area contributed by atoms with E-state index in [2.05, 4.69) is 88.4 Å². The molecule has 0 aliphatic heterocycles. The molecule has 0 fully saturated rings. The number of benzene rings is 1. The smallest absolute Gasteiger partial charge is 0.322 e. The van der Waals surface area contributed by atoms with Crippen LogP contribution in [0.15, 0.2) is 30.3 Å². The van der Waals surface area contributed by atoms with Crippen molar-refractivity contribution in [3.8, 4) is 0 Å². The normalized spacial score (nSPS) is 13.4. The Hall–Kier alpha value is -1.65. The van der Waals surface area contributed by atoms with Crippen LogP contribution in [-0.4, -0.2) is 55.5 Å². The summed E-state index contributed by atoms with van der Waals surface area (Å²) in [6.07, 6.45) is 10.5. The van der Waals surface area contributed by atoms with Crippen molar-refractivity contribution >= 4 is 24.0 Å². The van der Waals surface area contributed by atoms with Crippen LogP contribution in [0.4, 0.5) is 0 Å². The van der Waals surface area contributed by atoms with Crippen LogP contribution >= 0.6 is 12.0 Å². The molecule has 9 heteroatoms. The van der Waals surface area contributed by atoms with E-state index in [9.17, 15) is 14.8 Å². The number of carbonyl (C=O) groups excluding carboxylic acids is 2. The van der Waals surface area contributed by atoms with E-state index in [4.69, 9.17) is 9.47 Å². The van der Waals surface area contributed by atoms with Crippen molar-refractivity contribution in [3.63, 3.8) is 0 Å². The second-order valence-corrected chi connectivity index (χ2v) is 12.6. The first-order valence-corrected chi connectivity index (χ1v) is 16.8. The molecular weight excluding hydrogens is 554 g/mol. The molecule has 0 amide bonds. The predicted molar refractivity (Wildman–Crippen MR) is 169 cm³/mol. The van der Waals surface area contributed by atoms with Gasteiger partial charge < -0.3 is 19.2 Å². The highest BCUT2D eigenvalue weighted by Crippen LogP contribution is 2.21. The number of nitrogens with zero attached hydrogens (tertiary/aromatic N) is 1. The summed E-state index contributed by atoms with van der Waals surface area (Å²) in [5.74, 6) is -0.530. The third-order valence-corrected chi connectivity index (χ3v) is 8.12. The van der Waals surface area contributed by atoms with Gasteiger partial charge in [-0.25, -0.2) is 0 Å². The van der Waals surface area contributed by atoms with E-state index in [0.29, 0.717) is 24.6 Å². The number of hydrogen-bond acceptors (Lipinski definition) is 8. The van der Waals surface area contributed by atoms with Crippen LogP contribution in [-0.2, 0) is 35.0 Å².